The minimum atomic E-state index is -0.0763. The number of amides is 1. The van der Waals surface area contributed by atoms with E-state index in [0.717, 1.165) is 45.6 Å². The number of carbonyl (C=O) groups excluding carboxylic acids is 1. The van der Waals surface area contributed by atoms with Crippen LogP contribution in [-0.2, 0) is 22.7 Å². The van der Waals surface area contributed by atoms with Gasteiger partial charge in [0.2, 0.25) is 5.91 Å². The van der Waals surface area contributed by atoms with Gasteiger partial charge in [0.15, 0.2) is 0 Å². The van der Waals surface area contributed by atoms with Crippen molar-refractivity contribution >= 4 is 5.91 Å². The van der Waals surface area contributed by atoms with Crippen molar-refractivity contribution in [1.82, 2.24) is 24.8 Å². The summed E-state index contributed by atoms with van der Waals surface area (Å²) in [6.45, 7) is 5.40. The molecule has 0 spiro atoms. The summed E-state index contributed by atoms with van der Waals surface area (Å²) < 4.78 is 7.17. The van der Waals surface area contributed by atoms with Crippen molar-refractivity contribution in [3.8, 4) is 0 Å². The Bertz CT molecular complexity index is 586. The highest BCUT2D eigenvalue weighted by molar-refractivity contribution is 5.79. The number of carbonyl (C=O) groups is 1. The van der Waals surface area contributed by atoms with Crippen molar-refractivity contribution < 1.29 is 14.6 Å². The molecule has 1 amide bonds. The van der Waals surface area contributed by atoms with E-state index in [0.29, 0.717) is 36.8 Å². The molecular weight excluding hydrogens is 310 g/mol. The van der Waals surface area contributed by atoms with Crippen LogP contribution in [0.1, 0.15) is 18.5 Å². The predicted molar refractivity (Wildman–Crippen MR) is 84.9 cm³/mol. The van der Waals surface area contributed by atoms with Crippen LogP contribution >= 0.6 is 0 Å². The van der Waals surface area contributed by atoms with Crippen molar-refractivity contribution in [3.05, 3.63) is 11.9 Å². The number of hydrogen-bond donors (Lipinski definition) is 1. The van der Waals surface area contributed by atoms with Crippen molar-refractivity contribution in [2.75, 3.05) is 39.4 Å². The third kappa shape index (κ3) is 3.05. The zero-order chi connectivity index (χ0) is 16.5. The summed E-state index contributed by atoms with van der Waals surface area (Å²) in [5, 5.41) is 17.1. The molecule has 4 aliphatic rings. The Labute approximate surface area is 141 Å². The summed E-state index contributed by atoms with van der Waals surface area (Å²) in [5.41, 5.74) is 0.603. The Morgan fingerprint density at radius 2 is 2.17 bits per heavy atom. The summed E-state index contributed by atoms with van der Waals surface area (Å²) in [5.74, 6) is 0.919. The summed E-state index contributed by atoms with van der Waals surface area (Å²) in [7, 11) is 0. The van der Waals surface area contributed by atoms with Crippen molar-refractivity contribution in [3.63, 3.8) is 0 Å². The Kier molecular flexibility index (Phi) is 4.51. The molecule has 0 aromatic carbocycles. The number of aliphatic hydroxyl groups excluding tert-OH is 1. The first-order valence-corrected chi connectivity index (χ1v) is 8.85. The highest BCUT2D eigenvalue weighted by Crippen LogP contribution is 2.37. The van der Waals surface area contributed by atoms with Gasteiger partial charge in [0.1, 0.15) is 5.69 Å². The third-order valence-electron chi connectivity index (χ3n) is 5.66. The fourth-order valence-electron chi connectivity index (χ4n) is 4.34. The van der Waals surface area contributed by atoms with Crippen molar-refractivity contribution in [2.45, 2.75) is 32.0 Å². The van der Waals surface area contributed by atoms with Gasteiger partial charge in [-0.1, -0.05) is 5.21 Å². The molecule has 8 heteroatoms. The van der Waals surface area contributed by atoms with Crippen LogP contribution in [0.3, 0.4) is 0 Å². The maximum absolute atomic E-state index is 12.8. The van der Waals surface area contributed by atoms with Crippen LogP contribution in [0.4, 0.5) is 0 Å². The van der Waals surface area contributed by atoms with Crippen molar-refractivity contribution in [2.24, 2.45) is 11.8 Å². The van der Waals surface area contributed by atoms with Gasteiger partial charge >= 0.3 is 0 Å². The van der Waals surface area contributed by atoms with Gasteiger partial charge in [-0.3, -0.25) is 14.4 Å². The molecule has 8 nitrogen and oxygen atoms in total. The average molecular weight is 335 g/mol. The Morgan fingerprint density at radius 3 is 2.83 bits per heavy atom. The number of nitrogens with zero attached hydrogens (tertiary/aromatic N) is 5. The second-order valence-corrected chi connectivity index (χ2v) is 7.07. The molecule has 1 aromatic rings. The Hall–Kier alpha value is -1.51. The number of rotatable bonds is 4. The molecule has 1 N–H and O–H groups in total. The average Bonchev–Trinajstić information content (AvgIpc) is 3.10. The first kappa shape index (κ1) is 16.0. The molecule has 4 aliphatic heterocycles. The lowest BCUT2D eigenvalue weighted by molar-refractivity contribution is -0.148. The topological polar surface area (TPSA) is 83.7 Å². The zero-order valence-electron chi connectivity index (χ0n) is 13.9. The number of morpholine rings is 1. The maximum atomic E-state index is 12.8. The van der Waals surface area contributed by atoms with Crippen LogP contribution in [0, 0.1) is 11.8 Å². The highest BCUT2D eigenvalue weighted by Gasteiger charge is 2.44. The lowest BCUT2D eigenvalue weighted by Gasteiger charge is -2.50. The molecule has 5 rings (SSSR count). The van der Waals surface area contributed by atoms with Gasteiger partial charge < -0.3 is 14.7 Å². The molecule has 0 saturated carbocycles. The van der Waals surface area contributed by atoms with E-state index < -0.39 is 0 Å². The fraction of sp³-hybridized carbons (Fsp3) is 0.812. The standard InChI is InChI=1S/C16H25N5O3/c22-11-13-8-21(18-17-13)9-14-7-12-1-2-20(14)10-15(12)16(23)19-3-5-24-6-4-19/h8,12,14-15,22H,1-7,9-11H2/t12-,14-,15+/m1/s1. The van der Waals surface area contributed by atoms with E-state index in [9.17, 15) is 4.79 Å². The summed E-state index contributed by atoms with van der Waals surface area (Å²) in [4.78, 5) is 17.3. The fourth-order valence-corrected chi connectivity index (χ4v) is 4.34. The first-order chi connectivity index (χ1) is 11.7. The largest absolute Gasteiger partial charge is 0.390 e. The number of aliphatic hydroxyl groups is 1. The molecule has 24 heavy (non-hydrogen) atoms. The zero-order valence-corrected chi connectivity index (χ0v) is 13.9. The second kappa shape index (κ2) is 6.78. The van der Waals surface area contributed by atoms with Crippen LogP contribution in [0.2, 0.25) is 0 Å². The minimum absolute atomic E-state index is 0.0763. The summed E-state index contributed by atoms with van der Waals surface area (Å²) in [6, 6.07) is 0.408. The lowest BCUT2D eigenvalue weighted by Crippen LogP contribution is -2.59. The number of fused-ring (bicyclic) bond motifs is 3. The van der Waals surface area contributed by atoms with Gasteiger partial charge in [-0.25, -0.2) is 0 Å². The van der Waals surface area contributed by atoms with E-state index in [1.807, 2.05) is 9.58 Å². The van der Waals surface area contributed by atoms with E-state index in [1.165, 1.54) is 0 Å². The third-order valence-corrected chi connectivity index (χ3v) is 5.66. The van der Waals surface area contributed by atoms with E-state index in [4.69, 9.17) is 9.84 Å². The van der Waals surface area contributed by atoms with E-state index in [-0.39, 0.29) is 12.5 Å². The smallest absolute Gasteiger partial charge is 0.227 e. The normalized spacial score (nSPS) is 33.0. The number of aromatic nitrogens is 3. The molecule has 5 heterocycles. The lowest BCUT2D eigenvalue weighted by atomic mass is 9.75. The molecule has 2 bridgehead atoms. The summed E-state index contributed by atoms with van der Waals surface area (Å²) >= 11 is 0. The SMILES string of the molecule is O=C([C@H]1CN2CC[C@@H]1C[C@@H]2Cn1cc(CO)nn1)N1CCOCC1. The summed E-state index contributed by atoms with van der Waals surface area (Å²) in [6.07, 6.45) is 3.95. The predicted octanol–water partition coefficient (Wildman–Crippen LogP) is -0.660. The molecule has 4 atom stereocenters. The molecule has 132 valence electrons. The quantitative estimate of drug-likeness (QED) is 0.786. The van der Waals surface area contributed by atoms with Gasteiger partial charge in [-0.2, -0.15) is 0 Å². The van der Waals surface area contributed by atoms with Gasteiger partial charge in [-0.05, 0) is 25.3 Å². The number of ether oxygens (including phenoxy) is 1. The van der Waals surface area contributed by atoms with Gasteiger partial charge in [0.25, 0.3) is 0 Å². The molecule has 0 radical (unpaired) electrons. The van der Waals surface area contributed by atoms with Crippen LogP contribution in [0.15, 0.2) is 6.20 Å². The van der Waals surface area contributed by atoms with Crippen LogP contribution in [0.25, 0.3) is 0 Å². The maximum Gasteiger partial charge on any atom is 0.227 e. The van der Waals surface area contributed by atoms with Crippen molar-refractivity contribution in [1.29, 1.82) is 0 Å². The van der Waals surface area contributed by atoms with Gasteiger partial charge in [0.05, 0.1) is 38.5 Å². The van der Waals surface area contributed by atoms with Crippen LogP contribution in [-0.4, -0.2) is 81.2 Å². The number of piperidine rings is 3. The Balaban J connectivity index is 1.39. The molecule has 4 fully saturated rings. The molecule has 0 aliphatic carbocycles. The minimum Gasteiger partial charge on any atom is -0.390 e. The van der Waals surface area contributed by atoms with E-state index >= 15 is 0 Å². The van der Waals surface area contributed by atoms with Gasteiger partial charge in [-0.15, -0.1) is 5.10 Å². The van der Waals surface area contributed by atoms with E-state index in [2.05, 4.69) is 15.2 Å². The molecular formula is C16H25N5O3. The van der Waals surface area contributed by atoms with Crippen LogP contribution < -0.4 is 0 Å². The molecule has 1 aromatic heterocycles. The Morgan fingerprint density at radius 1 is 1.33 bits per heavy atom. The van der Waals surface area contributed by atoms with Crippen LogP contribution in [0.5, 0.6) is 0 Å². The highest BCUT2D eigenvalue weighted by atomic mass is 16.5. The molecule has 4 saturated heterocycles. The monoisotopic (exact) mass is 335 g/mol. The second-order valence-electron chi connectivity index (χ2n) is 7.07. The first-order valence-electron chi connectivity index (χ1n) is 8.85. The van der Waals surface area contributed by atoms with Gasteiger partial charge in [0, 0.05) is 25.7 Å². The van der Waals surface area contributed by atoms with E-state index in [1.54, 1.807) is 6.20 Å². The molecule has 1 unspecified atom stereocenters. The number of hydrogen-bond acceptors (Lipinski definition) is 6.